The normalized spacial score (nSPS) is 10.5. The Labute approximate surface area is 130 Å². The Hall–Kier alpha value is -1.98. The Kier molecular flexibility index (Phi) is 4.13. The first-order chi connectivity index (χ1) is 10.3. The average Bonchev–Trinajstić information content (AvgIpc) is 3.17. The lowest BCUT2D eigenvalue weighted by atomic mass is 10.1. The van der Waals surface area contributed by atoms with Crippen LogP contribution in [0.5, 0.6) is 0 Å². The molecule has 0 N–H and O–H groups in total. The van der Waals surface area contributed by atoms with Crippen LogP contribution >= 0.6 is 22.7 Å². The van der Waals surface area contributed by atoms with Crippen LogP contribution in [-0.2, 0) is 11.2 Å². The minimum Gasteiger partial charge on any atom is -0.464 e. The van der Waals surface area contributed by atoms with Gasteiger partial charge < -0.3 is 4.74 Å². The van der Waals surface area contributed by atoms with Crippen LogP contribution in [-0.4, -0.2) is 18.1 Å². The fourth-order valence-electron chi connectivity index (χ4n) is 2.02. The van der Waals surface area contributed by atoms with Gasteiger partial charge in [0.15, 0.2) is 5.69 Å². The van der Waals surface area contributed by atoms with Gasteiger partial charge in [-0.25, -0.2) is 9.78 Å². The molecule has 5 heteroatoms. The molecule has 2 heterocycles. The number of esters is 1. The van der Waals surface area contributed by atoms with Gasteiger partial charge in [-0.05, 0) is 17.0 Å². The molecule has 106 valence electrons. The average molecular weight is 315 g/mol. The first-order valence-corrected chi connectivity index (χ1v) is 8.13. The summed E-state index contributed by atoms with van der Waals surface area (Å²) in [5, 5.41) is 2.97. The van der Waals surface area contributed by atoms with Gasteiger partial charge in [-0.1, -0.05) is 36.4 Å². The van der Waals surface area contributed by atoms with Crippen LogP contribution in [0.25, 0.3) is 10.4 Å². The van der Waals surface area contributed by atoms with Gasteiger partial charge in [-0.2, -0.15) is 0 Å². The molecule has 0 bridgehead atoms. The number of benzene rings is 1. The van der Waals surface area contributed by atoms with Crippen LogP contribution in [0, 0.1) is 0 Å². The van der Waals surface area contributed by atoms with Crippen molar-refractivity contribution in [2.24, 2.45) is 0 Å². The van der Waals surface area contributed by atoms with E-state index in [0.717, 1.165) is 21.9 Å². The molecule has 2 aromatic heterocycles. The molecular weight excluding hydrogens is 302 g/mol. The molecule has 21 heavy (non-hydrogen) atoms. The van der Waals surface area contributed by atoms with E-state index in [1.165, 1.54) is 12.0 Å². The number of thiophene rings is 1. The zero-order valence-corrected chi connectivity index (χ0v) is 13.0. The predicted molar refractivity (Wildman–Crippen MR) is 86.0 cm³/mol. The Bertz CT molecular complexity index is 733. The minimum atomic E-state index is -0.387. The number of carbonyl (C=O) groups is 1. The third-order valence-electron chi connectivity index (χ3n) is 2.99. The van der Waals surface area contributed by atoms with Crippen LogP contribution in [0.1, 0.15) is 20.4 Å². The van der Waals surface area contributed by atoms with Gasteiger partial charge in [0.25, 0.3) is 0 Å². The first-order valence-electron chi connectivity index (χ1n) is 6.43. The second kappa shape index (κ2) is 6.20. The van der Waals surface area contributed by atoms with E-state index < -0.39 is 0 Å². The Morgan fingerprint density at radius 2 is 2.00 bits per heavy atom. The van der Waals surface area contributed by atoms with Crippen molar-refractivity contribution in [3.63, 3.8) is 0 Å². The summed E-state index contributed by atoms with van der Waals surface area (Å²) in [6.45, 7) is 0. The van der Waals surface area contributed by atoms with Gasteiger partial charge in [0.05, 0.1) is 17.0 Å². The lowest BCUT2D eigenvalue weighted by molar-refractivity contribution is 0.0595. The molecule has 0 amide bonds. The molecule has 0 aliphatic rings. The molecule has 0 unspecified atom stereocenters. The maximum Gasteiger partial charge on any atom is 0.358 e. The van der Waals surface area contributed by atoms with Crippen LogP contribution in [0.15, 0.2) is 47.8 Å². The number of thiazole rings is 1. The van der Waals surface area contributed by atoms with Crippen LogP contribution in [0.2, 0.25) is 0 Å². The number of methoxy groups -OCH3 is 1. The molecule has 0 radical (unpaired) electrons. The largest absolute Gasteiger partial charge is 0.464 e. The first kappa shape index (κ1) is 14.0. The van der Waals surface area contributed by atoms with E-state index in [1.807, 2.05) is 41.8 Å². The fourth-order valence-corrected chi connectivity index (χ4v) is 3.90. The third kappa shape index (κ3) is 3.04. The highest BCUT2D eigenvalue weighted by Gasteiger charge is 2.20. The molecular formula is C16H13NO2S2. The fraction of sp³-hybridized carbons (Fsp3) is 0.125. The molecule has 0 atom stereocenters. The van der Waals surface area contributed by atoms with E-state index >= 15 is 0 Å². The minimum absolute atomic E-state index is 0.387. The van der Waals surface area contributed by atoms with E-state index in [2.05, 4.69) is 11.1 Å². The molecule has 0 spiro atoms. The quantitative estimate of drug-likeness (QED) is 0.676. The molecule has 3 aromatic rings. The Morgan fingerprint density at radius 3 is 2.67 bits per heavy atom. The van der Waals surface area contributed by atoms with Crippen molar-refractivity contribution in [3.8, 4) is 10.4 Å². The standard InChI is InChI=1S/C16H13NO2S2/c1-19-16(18)14-15(11-6-3-2-4-7-11)21-13(17-14)10-12-8-5-9-20-12/h2-9H,10H2,1H3. The van der Waals surface area contributed by atoms with Crippen molar-refractivity contribution in [1.82, 2.24) is 4.98 Å². The second-order valence-corrected chi connectivity index (χ2v) is 6.51. The number of ether oxygens (including phenoxy) is 1. The maximum absolute atomic E-state index is 11.9. The molecule has 0 aliphatic carbocycles. The summed E-state index contributed by atoms with van der Waals surface area (Å²) in [5.41, 5.74) is 1.40. The predicted octanol–water partition coefficient (Wildman–Crippen LogP) is 4.25. The van der Waals surface area contributed by atoms with Gasteiger partial charge in [-0.15, -0.1) is 22.7 Å². The number of rotatable bonds is 4. The summed E-state index contributed by atoms with van der Waals surface area (Å²) in [4.78, 5) is 18.5. The Morgan fingerprint density at radius 1 is 1.19 bits per heavy atom. The van der Waals surface area contributed by atoms with Crippen molar-refractivity contribution < 1.29 is 9.53 Å². The summed E-state index contributed by atoms with van der Waals surface area (Å²) in [6, 6.07) is 13.9. The van der Waals surface area contributed by atoms with Crippen LogP contribution in [0.3, 0.4) is 0 Å². The van der Waals surface area contributed by atoms with E-state index in [0.29, 0.717) is 5.69 Å². The molecule has 0 fully saturated rings. The zero-order valence-electron chi connectivity index (χ0n) is 11.4. The summed E-state index contributed by atoms with van der Waals surface area (Å²) in [7, 11) is 1.38. The van der Waals surface area contributed by atoms with Crippen molar-refractivity contribution >= 4 is 28.6 Å². The summed E-state index contributed by atoms with van der Waals surface area (Å²) < 4.78 is 4.85. The topological polar surface area (TPSA) is 39.2 Å². The van der Waals surface area contributed by atoms with Crippen molar-refractivity contribution in [3.05, 3.63) is 63.4 Å². The summed E-state index contributed by atoms with van der Waals surface area (Å²) in [5.74, 6) is -0.387. The third-order valence-corrected chi connectivity index (χ3v) is 4.97. The molecule has 0 saturated carbocycles. The second-order valence-electron chi connectivity index (χ2n) is 4.40. The van der Waals surface area contributed by atoms with Gasteiger partial charge >= 0.3 is 5.97 Å². The highest BCUT2D eigenvalue weighted by atomic mass is 32.1. The summed E-state index contributed by atoms with van der Waals surface area (Å²) >= 11 is 3.24. The number of nitrogens with zero attached hydrogens (tertiary/aromatic N) is 1. The molecule has 0 aliphatic heterocycles. The number of carbonyl (C=O) groups excluding carboxylic acids is 1. The number of aromatic nitrogens is 1. The molecule has 3 nitrogen and oxygen atoms in total. The smallest absolute Gasteiger partial charge is 0.358 e. The SMILES string of the molecule is COC(=O)c1nc(Cc2cccs2)sc1-c1ccccc1. The van der Waals surface area contributed by atoms with Gasteiger partial charge in [-0.3, -0.25) is 0 Å². The van der Waals surface area contributed by atoms with E-state index in [-0.39, 0.29) is 5.97 Å². The summed E-state index contributed by atoms with van der Waals surface area (Å²) in [6.07, 6.45) is 0.749. The lowest BCUT2D eigenvalue weighted by Crippen LogP contribution is -2.03. The van der Waals surface area contributed by atoms with E-state index in [1.54, 1.807) is 22.7 Å². The van der Waals surface area contributed by atoms with Crippen LogP contribution < -0.4 is 0 Å². The highest BCUT2D eigenvalue weighted by Crippen LogP contribution is 2.32. The molecule has 1 aromatic carbocycles. The van der Waals surface area contributed by atoms with Crippen molar-refractivity contribution in [1.29, 1.82) is 0 Å². The van der Waals surface area contributed by atoms with E-state index in [9.17, 15) is 4.79 Å². The monoisotopic (exact) mass is 315 g/mol. The number of hydrogen-bond acceptors (Lipinski definition) is 5. The maximum atomic E-state index is 11.9. The van der Waals surface area contributed by atoms with Gasteiger partial charge in [0.1, 0.15) is 0 Å². The van der Waals surface area contributed by atoms with Gasteiger partial charge in [0.2, 0.25) is 0 Å². The lowest BCUT2D eigenvalue weighted by Gasteiger charge is -1.99. The van der Waals surface area contributed by atoms with Crippen molar-refractivity contribution in [2.75, 3.05) is 7.11 Å². The van der Waals surface area contributed by atoms with Crippen LogP contribution in [0.4, 0.5) is 0 Å². The highest BCUT2D eigenvalue weighted by molar-refractivity contribution is 7.15. The van der Waals surface area contributed by atoms with E-state index in [4.69, 9.17) is 4.74 Å². The van der Waals surface area contributed by atoms with Crippen molar-refractivity contribution in [2.45, 2.75) is 6.42 Å². The zero-order chi connectivity index (χ0) is 14.7. The Balaban J connectivity index is 2.01. The molecule has 3 rings (SSSR count). The molecule has 0 saturated heterocycles. The van der Waals surface area contributed by atoms with Gasteiger partial charge in [0, 0.05) is 11.3 Å². The number of hydrogen-bond donors (Lipinski definition) is 0.